The van der Waals surface area contributed by atoms with Crippen LogP contribution in [0.3, 0.4) is 0 Å². The average Bonchev–Trinajstić information content (AvgIpc) is 1.83. The normalized spacial score (nSPS) is 14.6. The van der Waals surface area contributed by atoms with Crippen LogP contribution in [0.25, 0.3) is 0 Å². The van der Waals surface area contributed by atoms with Crippen molar-refractivity contribution in [3.05, 3.63) is 10.3 Å². The molecule has 1 atom stereocenters. The Balaban J connectivity index is 3.74. The summed E-state index contributed by atoms with van der Waals surface area (Å²) in [5.74, 6) is 2.19. The molecule has 0 saturated heterocycles. The highest BCUT2D eigenvalue weighted by atomic mass is 32.7. The highest BCUT2D eigenvalue weighted by molar-refractivity contribution is 8.51. The molecule has 0 heterocycles. The van der Waals surface area contributed by atoms with Crippen LogP contribution in [0.2, 0.25) is 0 Å². The Bertz CT molecular complexity index is 181. The quantitative estimate of drug-likeness (QED) is 0.384. The van der Waals surface area contributed by atoms with Crippen LogP contribution in [0, 0.1) is 12.3 Å². The van der Waals surface area contributed by atoms with E-state index in [1.807, 2.05) is 0 Å². The summed E-state index contributed by atoms with van der Waals surface area (Å²) < 4.78 is 10.0. The molecule has 2 nitrogen and oxygen atoms in total. The molecule has 0 bridgehead atoms. The van der Waals surface area contributed by atoms with E-state index in [0.717, 1.165) is 11.4 Å². The fourth-order valence-corrected chi connectivity index (χ4v) is 1.53. The van der Waals surface area contributed by atoms with Gasteiger partial charge in [-0.15, -0.1) is 19.1 Å². The van der Waals surface area contributed by atoms with Gasteiger partial charge in [-0.1, -0.05) is 5.92 Å². The topological polar surface area (TPSA) is 37.3 Å². The maximum atomic E-state index is 10.0. The first kappa shape index (κ1) is 9.19. The van der Waals surface area contributed by atoms with E-state index in [-0.39, 0.29) is 0 Å². The summed E-state index contributed by atoms with van der Waals surface area (Å²) in [4.78, 5) is 8.63. The van der Waals surface area contributed by atoms with E-state index >= 15 is 0 Å². The predicted molar refractivity (Wildman–Crippen MR) is 44.7 cm³/mol. The molecule has 0 aromatic rings. The Morgan fingerprint density at radius 1 is 2.00 bits per heavy atom. The van der Waals surface area contributed by atoms with Crippen molar-refractivity contribution in [3.63, 3.8) is 0 Å². The standard InChI is InChI=1S/C4H5O2PS2/c1-2-4(8)3-9-7(5)6/h1,3,7-8H,(H,5,6)/b4-3-. The second-order valence-corrected chi connectivity index (χ2v) is 4.27. The van der Waals surface area contributed by atoms with E-state index in [0.29, 0.717) is 4.91 Å². The summed E-state index contributed by atoms with van der Waals surface area (Å²) >= 11 is 4.56. The van der Waals surface area contributed by atoms with E-state index in [2.05, 4.69) is 18.5 Å². The first-order chi connectivity index (χ1) is 4.16. The van der Waals surface area contributed by atoms with Gasteiger partial charge < -0.3 is 4.89 Å². The monoisotopic (exact) mass is 180 g/mol. The first-order valence-electron chi connectivity index (χ1n) is 1.92. The predicted octanol–water partition coefficient (Wildman–Crippen LogP) is 1.51. The van der Waals surface area contributed by atoms with Gasteiger partial charge in [0.05, 0.1) is 4.91 Å². The third-order valence-electron chi connectivity index (χ3n) is 0.419. The molecule has 0 spiro atoms. The van der Waals surface area contributed by atoms with Crippen molar-refractivity contribution in [2.75, 3.05) is 0 Å². The van der Waals surface area contributed by atoms with Crippen molar-refractivity contribution in [2.24, 2.45) is 0 Å². The van der Waals surface area contributed by atoms with E-state index < -0.39 is 7.23 Å². The van der Waals surface area contributed by atoms with Crippen LogP contribution >= 0.6 is 31.2 Å². The zero-order valence-corrected chi connectivity index (χ0v) is 7.08. The lowest BCUT2D eigenvalue weighted by molar-refractivity contribution is 0.520. The smallest absolute Gasteiger partial charge is 0.247 e. The summed E-state index contributed by atoms with van der Waals surface area (Å²) in [6.07, 6.45) is 4.88. The molecule has 0 aliphatic rings. The minimum absolute atomic E-state index is 0.368. The molecule has 0 aliphatic carbocycles. The Morgan fingerprint density at radius 2 is 2.56 bits per heavy atom. The van der Waals surface area contributed by atoms with E-state index in [4.69, 9.17) is 11.3 Å². The van der Waals surface area contributed by atoms with Gasteiger partial charge in [0.2, 0.25) is 7.23 Å². The van der Waals surface area contributed by atoms with Gasteiger partial charge in [0.1, 0.15) is 0 Å². The molecule has 9 heavy (non-hydrogen) atoms. The molecule has 5 heteroatoms. The van der Waals surface area contributed by atoms with Crippen LogP contribution in [0.15, 0.2) is 10.3 Å². The van der Waals surface area contributed by atoms with Gasteiger partial charge in [-0.2, -0.15) is 0 Å². The second-order valence-electron chi connectivity index (χ2n) is 1.03. The molecule has 50 valence electrons. The lowest BCUT2D eigenvalue weighted by Gasteiger charge is -1.84. The van der Waals surface area contributed by atoms with Crippen LogP contribution < -0.4 is 0 Å². The van der Waals surface area contributed by atoms with Gasteiger partial charge in [-0.05, 0) is 11.4 Å². The zero-order valence-electron chi connectivity index (χ0n) is 4.37. The van der Waals surface area contributed by atoms with Crippen molar-refractivity contribution >= 4 is 31.2 Å². The van der Waals surface area contributed by atoms with Crippen LogP contribution in [-0.4, -0.2) is 4.89 Å². The van der Waals surface area contributed by atoms with Crippen LogP contribution in [0.4, 0.5) is 0 Å². The third kappa shape index (κ3) is 6.07. The summed E-state index contributed by atoms with van der Waals surface area (Å²) in [6.45, 7) is 0. The van der Waals surface area contributed by atoms with E-state index in [9.17, 15) is 4.57 Å². The third-order valence-corrected chi connectivity index (χ3v) is 2.37. The number of thiol groups is 1. The van der Waals surface area contributed by atoms with E-state index in [1.165, 1.54) is 5.41 Å². The van der Waals surface area contributed by atoms with Crippen molar-refractivity contribution in [1.82, 2.24) is 0 Å². The molecule has 1 unspecified atom stereocenters. The SMILES string of the molecule is C#C/C(S)=C/S[PH](=O)O. The first-order valence-corrected chi connectivity index (χ1v) is 5.33. The fourth-order valence-electron chi connectivity index (χ4n) is 0.140. The Morgan fingerprint density at radius 3 is 2.89 bits per heavy atom. The Labute approximate surface area is 63.8 Å². The molecule has 0 saturated carbocycles. The summed E-state index contributed by atoms with van der Waals surface area (Å²) in [6, 6.07) is 0. The maximum absolute atomic E-state index is 10.0. The number of rotatable bonds is 2. The van der Waals surface area contributed by atoms with Gasteiger partial charge in [-0.25, -0.2) is 0 Å². The van der Waals surface area contributed by atoms with Crippen LogP contribution in [0.1, 0.15) is 0 Å². The molecule has 0 amide bonds. The lowest BCUT2D eigenvalue weighted by Crippen LogP contribution is -1.55. The number of hydrogen-bond donors (Lipinski definition) is 2. The van der Waals surface area contributed by atoms with Crippen molar-refractivity contribution < 1.29 is 9.46 Å². The zero-order chi connectivity index (χ0) is 7.28. The van der Waals surface area contributed by atoms with Gasteiger partial charge in [0.25, 0.3) is 0 Å². The molecule has 0 radical (unpaired) electrons. The largest absolute Gasteiger partial charge is 0.339 e. The van der Waals surface area contributed by atoms with Crippen molar-refractivity contribution in [3.8, 4) is 12.3 Å². The van der Waals surface area contributed by atoms with Crippen molar-refractivity contribution in [2.45, 2.75) is 0 Å². The Hall–Kier alpha value is 0.190. The van der Waals surface area contributed by atoms with Crippen molar-refractivity contribution in [1.29, 1.82) is 0 Å². The Kier molecular flexibility index (Phi) is 5.12. The van der Waals surface area contributed by atoms with Crippen LogP contribution in [-0.2, 0) is 4.57 Å². The van der Waals surface area contributed by atoms with Crippen LogP contribution in [0.5, 0.6) is 0 Å². The number of terminal acetylenes is 1. The maximum Gasteiger partial charge on any atom is 0.247 e. The lowest BCUT2D eigenvalue weighted by atomic mass is 10.7. The van der Waals surface area contributed by atoms with Gasteiger partial charge in [0, 0.05) is 5.41 Å². The fraction of sp³-hybridized carbons (Fsp3) is 0. The molecule has 0 fully saturated rings. The highest BCUT2D eigenvalue weighted by Gasteiger charge is 1.87. The van der Waals surface area contributed by atoms with Gasteiger partial charge in [0.15, 0.2) is 0 Å². The number of hydrogen-bond acceptors (Lipinski definition) is 3. The highest BCUT2D eigenvalue weighted by Crippen LogP contribution is 2.34. The molecule has 0 aromatic heterocycles. The summed E-state index contributed by atoms with van der Waals surface area (Å²) in [7, 11) is -2.49. The minimum Gasteiger partial charge on any atom is -0.339 e. The molecular weight excluding hydrogens is 175 g/mol. The molecule has 1 N–H and O–H groups in total. The molecule has 0 rings (SSSR count). The molecule has 0 aromatic carbocycles. The average molecular weight is 180 g/mol. The van der Waals surface area contributed by atoms with Gasteiger partial charge >= 0.3 is 0 Å². The number of allylic oxidation sites excluding steroid dienone is 1. The summed E-state index contributed by atoms with van der Waals surface area (Å²) in [5.41, 5.74) is 0. The van der Waals surface area contributed by atoms with E-state index in [1.54, 1.807) is 0 Å². The minimum atomic E-state index is -2.49. The molecule has 0 aliphatic heterocycles. The molecular formula is C4H5O2PS2. The summed E-state index contributed by atoms with van der Waals surface area (Å²) in [5, 5.41) is 1.37. The van der Waals surface area contributed by atoms with Gasteiger partial charge in [-0.3, -0.25) is 4.57 Å². The second kappa shape index (κ2) is 5.01.